The molecule has 0 saturated heterocycles. The SMILES string of the molecule is Brc1nccn1-c1ncc2c(n1)N(C1CCCC1)Cc1nncn1-2. The Morgan fingerprint density at radius 3 is 2.79 bits per heavy atom. The van der Waals surface area contributed by atoms with E-state index in [-0.39, 0.29) is 0 Å². The molecule has 1 saturated carbocycles. The molecule has 4 heterocycles. The van der Waals surface area contributed by atoms with Gasteiger partial charge in [-0.05, 0) is 28.8 Å². The van der Waals surface area contributed by atoms with Crippen molar-refractivity contribution in [3.8, 4) is 11.6 Å². The Labute approximate surface area is 146 Å². The van der Waals surface area contributed by atoms with Gasteiger partial charge in [-0.25, -0.2) is 9.97 Å². The Hall–Kier alpha value is -2.29. The van der Waals surface area contributed by atoms with Crippen LogP contribution in [0.3, 0.4) is 0 Å². The quantitative estimate of drug-likeness (QED) is 0.672. The largest absolute Gasteiger partial charge is 0.344 e. The second-order valence-electron chi connectivity index (χ2n) is 6.13. The third-order valence-electron chi connectivity index (χ3n) is 4.78. The number of imidazole rings is 1. The third kappa shape index (κ3) is 2.07. The molecule has 122 valence electrons. The number of fused-ring (bicyclic) bond motifs is 3. The lowest BCUT2D eigenvalue weighted by molar-refractivity contribution is 0.566. The topological polar surface area (TPSA) is 77.6 Å². The fraction of sp³-hybridized carbons (Fsp3) is 0.400. The highest BCUT2D eigenvalue weighted by Gasteiger charge is 2.32. The van der Waals surface area contributed by atoms with E-state index in [9.17, 15) is 0 Å². The maximum Gasteiger partial charge on any atom is 0.237 e. The van der Waals surface area contributed by atoms with Gasteiger partial charge in [0, 0.05) is 18.4 Å². The number of nitrogens with zero attached hydrogens (tertiary/aromatic N) is 8. The summed E-state index contributed by atoms with van der Waals surface area (Å²) >= 11 is 3.43. The van der Waals surface area contributed by atoms with Crippen LogP contribution in [0.5, 0.6) is 0 Å². The molecule has 0 bridgehead atoms. The lowest BCUT2D eigenvalue weighted by Gasteiger charge is -2.34. The van der Waals surface area contributed by atoms with Gasteiger partial charge in [-0.15, -0.1) is 10.2 Å². The minimum absolute atomic E-state index is 0.503. The Kier molecular flexibility index (Phi) is 3.15. The van der Waals surface area contributed by atoms with Crippen LogP contribution in [0, 0.1) is 0 Å². The van der Waals surface area contributed by atoms with Crippen LogP contribution < -0.4 is 4.90 Å². The molecule has 5 rings (SSSR count). The first kappa shape index (κ1) is 14.1. The van der Waals surface area contributed by atoms with Crippen LogP contribution >= 0.6 is 15.9 Å². The maximum atomic E-state index is 4.85. The van der Waals surface area contributed by atoms with Gasteiger partial charge in [0.2, 0.25) is 5.95 Å². The van der Waals surface area contributed by atoms with Crippen molar-refractivity contribution in [2.24, 2.45) is 0 Å². The fourth-order valence-corrected chi connectivity index (χ4v) is 4.00. The standard InChI is InChI=1S/C15H15BrN8/c16-14-17-5-6-22(14)15-18-7-11-13(20-15)23(10-3-1-2-4-10)8-12-21-19-9-24(11)12/h5-7,9-10H,1-4,8H2. The van der Waals surface area contributed by atoms with Gasteiger partial charge in [-0.1, -0.05) is 12.8 Å². The summed E-state index contributed by atoms with van der Waals surface area (Å²) in [5.41, 5.74) is 0.938. The van der Waals surface area contributed by atoms with E-state index in [4.69, 9.17) is 4.98 Å². The molecule has 0 amide bonds. The molecule has 2 aliphatic rings. The number of hydrogen-bond donors (Lipinski definition) is 0. The van der Waals surface area contributed by atoms with Gasteiger partial charge in [-0.3, -0.25) is 9.13 Å². The predicted octanol–water partition coefficient (Wildman–Crippen LogP) is 2.27. The van der Waals surface area contributed by atoms with Crippen LogP contribution in [-0.2, 0) is 6.54 Å². The molecule has 0 radical (unpaired) electrons. The zero-order valence-electron chi connectivity index (χ0n) is 12.9. The van der Waals surface area contributed by atoms with Crippen molar-refractivity contribution >= 4 is 21.7 Å². The molecule has 0 atom stereocenters. The van der Waals surface area contributed by atoms with Crippen LogP contribution in [0.15, 0.2) is 29.7 Å². The van der Waals surface area contributed by atoms with E-state index in [1.54, 1.807) is 12.5 Å². The summed E-state index contributed by atoms with van der Waals surface area (Å²) in [7, 11) is 0. The number of anilines is 1. The van der Waals surface area contributed by atoms with Crippen LogP contribution in [0.4, 0.5) is 5.82 Å². The van der Waals surface area contributed by atoms with Crippen molar-refractivity contribution in [3.05, 3.63) is 35.5 Å². The Balaban J connectivity index is 1.67. The van der Waals surface area contributed by atoms with Gasteiger partial charge in [0.1, 0.15) is 12.0 Å². The van der Waals surface area contributed by atoms with E-state index in [0.29, 0.717) is 16.7 Å². The highest BCUT2D eigenvalue weighted by Crippen LogP contribution is 2.35. The molecule has 0 N–H and O–H groups in total. The van der Waals surface area contributed by atoms with Crippen LogP contribution in [0.1, 0.15) is 31.5 Å². The highest BCUT2D eigenvalue weighted by molar-refractivity contribution is 9.10. The summed E-state index contributed by atoms with van der Waals surface area (Å²) in [5.74, 6) is 2.49. The molecular weight excluding hydrogens is 372 g/mol. The lowest BCUT2D eigenvalue weighted by atomic mass is 10.2. The summed E-state index contributed by atoms with van der Waals surface area (Å²) < 4.78 is 4.50. The molecule has 3 aromatic rings. The van der Waals surface area contributed by atoms with E-state index in [1.807, 2.05) is 21.5 Å². The molecule has 3 aromatic heterocycles. The minimum Gasteiger partial charge on any atom is -0.344 e. The minimum atomic E-state index is 0.503. The Morgan fingerprint density at radius 2 is 2.00 bits per heavy atom. The van der Waals surface area contributed by atoms with Gasteiger partial charge < -0.3 is 4.90 Å². The van der Waals surface area contributed by atoms with Gasteiger partial charge in [-0.2, -0.15) is 4.98 Å². The van der Waals surface area contributed by atoms with Crippen LogP contribution in [0.25, 0.3) is 11.6 Å². The van der Waals surface area contributed by atoms with Gasteiger partial charge in [0.05, 0.1) is 12.7 Å². The maximum absolute atomic E-state index is 4.85. The average molecular weight is 387 g/mol. The number of hydrogen-bond acceptors (Lipinski definition) is 6. The fourth-order valence-electron chi connectivity index (χ4n) is 3.60. The summed E-state index contributed by atoms with van der Waals surface area (Å²) in [4.78, 5) is 15.9. The average Bonchev–Trinajstić information content (AvgIpc) is 3.34. The molecule has 0 aromatic carbocycles. The lowest BCUT2D eigenvalue weighted by Crippen LogP contribution is -2.38. The molecule has 0 unspecified atom stereocenters. The molecule has 24 heavy (non-hydrogen) atoms. The monoisotopic (exact) mass is 386 g/mol. The number of halogens is 1. The van der Waals surface area contributed by atoms with Gasteiger partial charge in [0.25, 0.3) is 0 Å². The van der Waals surface area contributed by atoms with E-state index >= 15 is 0 Å². The van der Waals surface area contributed by atoms with Crippen molar-refractivity contribution in [1.29, 1.82) is 0 Å². The van der Waals surface area contributed by atoms with Crippen molar-refractivity contribution in [3.63, 3.8) is 0 Å². The molecular formula is C15H15BrN8. The summed E-state index contributed by atoms with van der Waals surface area (Å²) in [6, 6.07) is 0.503. The van der Waals surface area contributed by atoms with Crippen LogP contribution in [-0.4, -0.2) is 40.3 Å². The summed E-state index contributed by atoms with van der Waals surface area (Å²) in [6.07, 6.45) is 12.1. The smallest absolute Gasteiger partial charge is 0.237 e. The van der Waals surface area contributed by atoms with Crippen molar-refractivity contribution in [2.75, 3.05) is 4.90 Å². The van der Waals surface area contributed by atoms with Crippen molar-refractivity contribution < 1.29 is 0 Å². The van der Waals surface area contributed by atoms with Gasteiger partial charge >= 0.3 is 0 Å². The molecule has 1 aliphatic carbocycles. The van der Waals surface area contributed by atoms with Crippen molar-refractivity contribution in [1.82, 2.24) is 34.3 Å². The summed E-state index contributed by atoms with van der Waals surface area (Å²) in [6.45, 7) is 0.735. The number of aromatic nitrogens is 7. The molecule has 8 nitrogen and oxygen atoms in total. The molecule has 0 spiro atoms. The van der Waals surface area contributed by atoms with E-state index in [1.165, 1.54) is 25.7 Å². The Morgan fingerprint density at radius 1 is 1.12 bits per heavy atom. The van der Waals surface area contributed by atoms with Crippen LogP contribution in [0.2, 0.25) is 0 Å². The van der Waals surface area contributed by atoms with Gasteiger partial charge in [0.15, 0.2) is 16.4 Å². The van der Waals surface area contributed by atoms with E-state index in [2.05, 4.69) is 41.0 Å². The highest BCUT2D eigenvalue weighted by atomic mass is 79.9. The van der Waals surface area contributed by atoms with E-state index < -0.39 is 0 Å². The predicted molar refractivity (Wildman–Crippen MR) is 90.2 cm³/mol. The van der Waals surface area contributed by atoms with Crippen molar-refractivity contribution in [2.45, 2.75) is 38.3 Å². The second-order valence-corrected chi connectivity index (χ2v) is 6.84. The normalized spacial score (nSPS) is 17.1. The zero-order valence-corrected chi connectivity index (χ0v) is 14.5. The second kappa shape index (κ2) is 5.37. The first-order valence-electron chi connectivity index (χ1n) is 8.03. The number of rotatable bonds is 2. The third-order valence-corrected chi connectivity index (χ3v) is 5.36. The molecule has 1 fully saturated rings. The first-order valence-corrected chi connectivity index (χ1v) is 8.83. The Bertz CT molecular complexity index is 895. The molecule has 9 heteroatoms. The van der Waals surface area contributed by atoms with E-state index in [0.717, 1.165) is 23.9 Å². The zero-order chi connectivity index (χ0) is 16.1. The summed E-state index contributed by atoms with van der Waals surface area (Å²) in [5, 5.41) is 8.31. The first-order chi connectivity index (χ1) is 11.8. The molecule has 1 aliphatic heterocycles.